The Hall–Kier alpha value is -2.67. The van der Waals surface area contributed by atoms with Gasteiger partial charge in [-0.1, -0.05) is 53.9 Å². The van der Waals surface area contributed by atoms with Crippen LogP contribution < -0.4 is 5.32 Å². The number of aromatic nitrogens is 2. The number of rotatable bonds is 14. The van der Waals surface area contributed by atoms with Crippen molar-refractivity contribution in [3.8, 4) is 5.69 Å². The van der Waals surface area contributed by atoms with Gasteiger partial charge in [-0.2, -0.15) is 5.10 Å². The lowest BCUT2D eigenvalue weighted by Crippen LogP contribution is -2.25. The summed E-state index contributed by atoms with van der Waals surface area (Å²) >= 11 is 0. The number of amides is 1. The van der Waals surface area contributed by atoms with E-state index in [-0.39, 0.29) is 17.0 Å². The van der Waals surface area contributed by atoms with E-state index in [1.165, 1.54) is 19.3 Å². The number of nitrogens with one attached hydrogen (secondary N) is 1. The number of hydrogen-bond donors (Lipinski definition) is 1. The first-order valence-corrected chi connectivity index (χ1v) is 12.9. The maximum Gasteiger partial charge on any atom is 0.358 e. The van der Waals surface area contributed by atoms with Crippen molar-refractivity contribution >= 4 is 11.9 Å². The minimum Gasteiger partial charge on any atom is -0.461 e. The molecule has 0 aliphatic carbocycles. The Kier molecular flexibility index (Phi) is 11.4. The van der Waals surface area contributed by atoms with Crippen molar-refractivity contribution < 1.29 is 19.1 Å². The molecule has 1 amide bonds. The predicted octanol–water partition coefficient (Wildman–Crippen LogP) is 5.70. The second-order valence-corrected chi connectivity index (χ2v) is 9.94. The largest absolute Gasteiger partial charge is 0.461 e. The van der Waals surface area contributed by atoms with Gasteiger partial charge in [0.25, 0.3) is 5.91 Å². The number of carbonyl (C=O) groups excluding carboxylic acids is 2. The van der Waals surface area contributed by atoms with Crippen LogP contribution in [-0.2, 0) is 14.9 Å². The van der Waals surface area contributed by atoms with Crippen molar-refractivity contribution in [3.05, 3.63) is 47.3 Å². The molecule has 0 unspecified atom stereocenters. The van der Waals surface area contributed by atoms with Gasteiger partial charge in [-0.3, -0.25) is 4.79 Å². The fourth-order valence-corrected chi connectivity index (χ4v) is 3.80. The Bertz CT molecular complexity index is 929. The van der Waals surface area contributed by atoms with Gasteiger partial charge in [-0.15, -0.1) is 0 Å². The zero-order valence-electron chi connectivity index (χ0n) is 22.4. The minimum absolute atomic E-state index is 0.116. The van der Waals surface area contributed by atoms with Gasteiger partial charge in [-0.25, -0.2) is 9.48 Å². The van der Waals surface area contributed by atoms with Gasteiger partial charge in [0.15, 0.2) is 5.69 Å². The summed E-state index contributed by atoms with van der Waals surface area (Å²) in [5.41, 5.74) is 2.29. The standard InChI is InChI=1S/C28H43N3O4/c1-7-10-12-21(8-2)20-34-18-11-17-29-26(32)22-13-15-23(16-14-22)31-25(28(4,5)6)19-24(30-31)27(33)35-9-3/h13-16,19,21H,7-12,17-18,20H2,1-6H3,(H,29,32)/t21-/m1/s1. The molecule has 1 aromatic heterocycles. The molecule has 0 bridgehead atoms. The summed E-state index contributed by atoms with van der Waals surface area (Å²) in [5.74, 6) is 0.0718. The summed E-state index contributed by atoms with van der Waals surface area (Å²) in [6.07, 6.45) is 5.62. The van der Waals surface area contributed by atoms with E-state index in [0.717, 1.165) is 30.8 Å². The molecule has 0 radical (unpaired) electrons. The van der Waals surface area contributed by atoms with Crippen LogP contribution in [0.4, 0.5) is 0 Å². The lowest BCUT2D eigenvalue weighted by Gasteiger charge is -2.20. The number of hydrogen-bond acceptors (Lipinski definition) is 5. The van der Waals surface area contributed by atoms with Crippen molar-refractivity contribution in [2.75, 3.05) is 26.4 Å². The Morgan fingerprint density at radius 2 is 1.80 bits per heavy atom. The normalized spacial score (nSPS) is 12.4. The summed E-state index contributed by atoms with van der Waals surface area (Å²) in [6, 6.07) is 9.01. The molecule has 0 spiro atoms. The molecule has 7 nitrogen and oxygen atoms in total. The first kappa shape index (κ1) is 28.6. The molecule has 7 heteroatoms. The first-order chi connectivity index (χ1) is 16.7. The number of carbonyl (C=O) groups is 2. The third-order valence-corrected chi connectivity index (χ3v) is 5.98. The molecule has 35 heavy (non-hydrogen) atoms. The Labute approximate surface area is 210 Å². The Balaban J connectivity index is 1.92. The van der Waals surface area contributed by atoms with Gasteiger partial charge in [0, 0.05) is 30.7 Å². The molecule has 1 heterocycles. The molecule has 0 fully saturated rings. The maximum atomic E-state index is 12.6. The van der Waals surface area contributed by atoms with Crippen molar-refractivity contribution in [1.82, 2.24) is 15.1 Å². The molecule has 1 atom stereocenters. The second-order valence-electron chi connectivity index (χ2n) is 9.94. The molecule has 0 aliphatic rings. The highest BCUT2D eigenvalue weighted by molar-refractivity contribution is 5.94. The van der Waals surface area contributed by atoms with Crippen LogP contribution in [0.5, 0.6) is 0 Å². The summed E-state index contributed by atoms with van der Waals surface area (Å²) in [6.45, 7) is 14.7. The highest BCUT2D eigenvalue weighted by Crippen LogP contribution is 2.26. The molecule has 0 aliphatic heterocycles. The number of nitrogens with zero attached hydrogens (tertiary/aromatic N) is 2. The highest BCUT2D eigenvalue weighted by atomic mass is 16.5. The van der Waals surface area contributed by atoms with Gasteiger partial charge < -0.3 is 14.8 Å². The number of benzene rings is 1. The van der Waals surface area contributed by atoms with Crippen LogP contribution in [0.25, 0.3) is 5.69 Å². The predicted molar refractivity (Wildman–Crippen MR) is 139 cm³/mol. The van der Waals surface area contributed by atoms with Gasteiger partial charge >= 0.3 is 5.97 Å². The van der Waals surface area contributed by atoms with Crippen LogP contribution in [0.15, 0.2) is 30.3 Å². The minimum atomic E-state index is -0.442. The zero-order valence-corrected chi connectivity index (χ0v) is 22.4. The monoisotopic (exact) mass is 485 g/mol. The van der Waals surface area contributed by atoms with Crippen molar-refractivity contribution in [1.29, 1.82) is 0 Å². The van der Waals surface area contributed by atoms with E-state index in [1.807, 2.05) is 12.1 Å². The molecule has 0 saturated carbocycles. The average molecular weight is 486 g/mol. The smallest absolute Gasteiger partial charge is 0.358 e. The van der Waals surface area contributed by atoms with E-state index in [9.17, 15) is 9.59 Å². The second kappa shape index (κ2) is 14.0. The van der Waals surface area contributed by atoms with Crippen LogP contribution in [-0.4, -0.2) is 48.0 Å². The fourth-order valence-electron chi connectivity index (χ4n) is 3.80. The third-order valence-electron chi connectivity index (χ3n) is 5.98. The fraction of sp³-hybridized carbons (Fsp3) is 0.607. The Morgan fingerprint density at radius 1 is 1.09 bits per heavy atom. The van der Waals surface area contributed by atoms with Crippen LogP contribution in [0.3, 0.4) is 0 Å². The molecule has 2 aromatic rings. The highest BCUT2D eigenvalue weighted by Gasteiger charge is 2.25. The van der Waals surface area contributed by atoms with Gasteiger partial charge in [-0.05, 0) is 56.0 Å². The van der Waals surface area contributed by atoms with Gasteiger partial charge in [0.1, 0.15) is 0 Å². The molecule has 0 saturated heterocycles. The Morgan fingerprint density at radius 3 is 2.40 bits per heavy atom. The maximum absolute atomic E-state index is 12.6. The number of ether oxygens (including phenoxy) is 2. The van der Waals surface area contributed by atoms with Gasteiger partial charge in [0.05, 0.1) is 18.0 Å². The van der Waals surface area contributed by atoms with Crippen LogP contribution in [0.2, 0.25) is 0 Å². The average Bonchev–Trinajstić information content (AvgIpc) is 3.30. The van der Waals surface area contributed by atoms with Crippen LogP contribution >= 0.6 is 0 Å². The van der Waals surface area contributed by atoms with Crippen molar-refractivity contribution in [2.45, 2.75) is 79.1 Å². The molecule has 2 rings (SSSR count). The summed E-state index contributed by atoms with van der Waals surface area (Å²) in [7, 11) is 0. The van der Waals surface area contributed by atoms with Crippen LogP contribution in [0.1, 0.15) is 100 Å². The van der Waals surface area contributed by atoms with E-state index in [0.29, 0.717) is 31.2 Å². The molecule has 1 aromatic carbocycles. The van der Waals surface area contributed by atoms with Crippen LogP contribution in [0, 0.1) is 5.92 Å². The number of unbranched alkanes of at least 4 members (excludes halogenated alkanes) is 1. The van der Waals surface area contributed by atoms with Crippen molar-refractivity contribution in [2.24, 2.45) is 5.92 Å². The lowest BCUT2D eigenvalue weighted by atomic mass is 9.91. The van der Waals surface area contributed by atoms with E-state index >= 15 is 0 Å². The molecular weight excluding hydrogens is 442 g/mol. The van der Waals surface area contributed by atoms with E-state index in [2.05, 4.69) is 45.0 Å². The lowest BCUT2D eigenvalue weighted by molar-refractivity contribution is 0.0518. The van der Waals surface area contributed by atoms with E-state index in [1.54, 1.807) is 29.8 Å². The molecule has 194 valence electrons. The summed E-state index contributed by atoms with van der Waals surface area (Å²) < 4.78 is 12.7. The SMILES string of the molecule is CCCC[C@@H](CC)COCCCNC(=O)c1ccc(-n2nc(C(=O)OCC)cc2C(C)(C)C)cc1. The first-order valence-electron chi connectivity index (χ1n) is 12.9. The molecular formula is C28H43N3O4. The third kappa shape index (κ3) is 8.80. The topological polar surface area (TPSA) is 82.5 Å². The number of esters is 1. The summed E-state index contributed by atoms with van der Waals surface area (Å²) in [4.78, 5) is 24.8. The quantitative estimate of drug-likeness (QED) is 0.274. The zero-order chi connectivity index (χ0) is 25.8. The van der Waals surface area contributed by atoms with E-state index in [4.69, 9.17) is 9.47 Å². The van der Waals surface area contributed by atoms with Gasteiger partial charge in [0.2, 0.25) is 0 Å². The summed E-state index contributed by atoms with van der Waals surface area (Å²) in [5, 5.41) is 7.44. The van der Waals surface area contributed by atoms with E-state index < -0.39 is 5.97 Å². The van der Waals surface area contributed by atoms with Crippen molar-refractivity contribution in [3.63, 3.8) is 0 Å². The molecule has 1 N–H and O–H groups in total.